The molecule has 0 radical (unpaired) electrons. The Labute approximate surface area is 215 Å². The third-order valence-corrected chi connectivity index (χ3v) is 7.30. The Hall–Kier alpha value is -3.85. The molecule has 3 heterocycles. The van der Waals surface area contributed by atoms with Crippen LogP contribution in [0.3, 0.4) is 0 Å². The maximum Gasteiger partial charge on any atom is 0.409 e. The Morgan fingerprint density at radius 1 is 0.973 bits per heavy atom. The van der Waals surface area contributed by atoms with E-state index < -0.39 is 12.0 Å². The number of para-hydroxylation sites is 1. The number of rotatable bonds is 6. The number of carbonyl (C=O) groups is 3. The van der Waals surface area contributed by atoms with Gasteiger partial charge in [0.15, 0.2) is 0 Å². The molecule has 2 aliphatic rings. The number of benzene rings is 2. The van der Waals surface area contributed by atoms with Gasteiger partial charge in [-0.3, -0.25) is 9.59 Å². The number of nitrogens with zero attached hydrogens (tertiary/aromatic N) is 3. The van der Waals surface area contributed by atoms with E-state index in [-0.39, 0.29) is 17.9 Å². The van der Waals surface area contributed by atoms with Crippen LogP contribution in [0, 0.1) is 0 Å². The van der Waals surface area contributed by atoms with E-state index in [1.54, 1.807) is 29.9 Å². The zero-order valence-electron chi connectivity index (χ0n) is 21.2. The van der Waals surface area contributed by atoms with Gasteiger partial charge in [0.2, 0.25) is 5.91 Å². The molecule has 2 unspecified atom stereocenters. The number of methoxy groups -OCH3 is 1. The predicted octanol–water partition coefficient (Wildman–Crippen LogP) is 3.40. The quantitative estimate of drug-likeness (QED) is 0.555. The van der Waals surface area contributed by atoms with Crippen molar-refractivity contribution >= 4 is 28.8 Å². The van der Waals surface area contributed by atoms with E-state index >= 15 is 0 Å². The van der Waals surface area contributed by atoms with E-state index in [4.69, 9.17) is 9.47 Å². The van der Waals surface area contributed by atoms with Crippen LogP contribution in [-0.2, 0) is 14.3 Å². The summed E-state index contributed by atoms with van der Waals surface area (Å²) in [6.45, 7) is 4.42. The molecule has 0 bridgehead atoms. The molecule has 2 atom stereocenters. The monoisotopic (exact) mass is 504 g/mol. The summed E-state index contributed by atoms with van der Waals surface area (Å²) in [5, 5.41) is 0.979. The van der Waals surface area contributed by atoms with E-state index in [0.29, 0.717) is 51.5 Å². The van der Waals surface area contributed by atoms with Crippen molar-refractivity contribution in [3.8, 4) is 0 Å². The molecule has 0 aliphatic carbocycles. The molecule has 1 fully saturated rings. The molecule has 2 aliphatic heterocycles. The van der Waals surface area contributed by atoms with Crippen LogP contribution in [0.5, 0.6) is 0 Å². The number of ether oxygens (including phenoxy) is 2. The topological polar surface area (TPSA) is 95.2 Å². The number of fused-ring (bicyclic) bond motifs is 2. The summed E-state index contributed by atoms with van der Waals surface area (Å²) >= 11 is 0. The van der Waals surface area contributed by atoms with Crippen LogP contribution in [0.25, 0.3) is 10.9 Å². The molecule has 1 saturated heterocycles. The van der Waals surface area contributed by atoms with Gasteiger partial charge < -0.3 is 29.2 Å². The molecule has 37 heavy (non-hydrogen) atoms. The summed E-state index contributed by atoms with van der Waals surface area (Å²) in [6, 6.07) is 14.8. The lowest BCUT2D eigenvalue weighted by molar-refractivity contribution is -0.136. The van der Waals surface area contributed by atoms with Crippen molar-refractivity contribution in [2.75, 3.05) is 53.0 Å². The van der Waals surface area contributed by atoms with Crippen molar-refractivity contribution in [1.82, 2.24) is 19.7 Å². The highest BCUT2D eigenvalue weighted by atomic mass is 16.6. The van der Waals surface area contributed by atoms with Crippen LogP contribution in [0.2, 0.25) is 0 Å². The van der Waals surface area contributed by atoms with Gasteiger partial charge in [-0.1, -0.05) is 36.4 Å². The minimum atomic E-state index is -0.598. The number of H-pyrrole nitrogens is 1. The molecule has 2 aromatic carbocycles. The minimum absolute atomic E-state index is 0.0545. The van der Waals surface area contributed by atoms with Gasteiger partial charge in [0.1, 0.15) is 0 Å². The van der Waals surface area contributed by atoms with E-state index in [2.05, 4.69) is 4.98 Å². The third-order valence-electron chi connectivity index (χ3n) is 7.30. The average molecular weight is 505 g/mol. The molecule has 0 saturated carbocycles. The second-order valence-electron chi connectivity index (χ2n) is 9.30. The van der Waals surface area contributed by atoms with Gasteiger partial charge in [0.05, 0.1) is 25.2 Å². The van der Waals surface area contributed by atoms with Crippen molar-refractivity contribution in [2.45, 2.75) is 18.9 Å². The molecule has 1 N–H and O–H groups in total. The molecule has 0 spiro atoms. The summed E-state index contributed by atoms with van der Waals surface area (Å²) in [5.41, 5.74) is 3.12. The lowest BCUT2D eigenvalue weighted by Gasteiger charge is -2.44. The standard InChI is InChI=1S/C28H32N4O5/c1-3-37-28(35)31-14-12-30(13-15-31)27(34)24-20-9-4-5-10-21(20)26(33)32(16-17-36-2)25(24)22-18-29-23-11-7-6-8-19(22)23/h4-11,18,24-25,29H,3,12-17H2,1-2H3. The average Bonchev–Trinajstić information content (AvgIpc) is 3.36. The highest BCUT2D eigenvalue weighted by molar-refractivity contribution is 6.02. The second kappa shape index (κ2) is 10.6. The SMILES string of the molecule is CCOC(=O)N1CCN(C(=O)C2c3ccccc3C(=O)N(CCOC)C2c2c[nH]c3ccccc23)CC1. The fourth-order valence-corrected chi connectivity index (χ4v) is 5.50. The summed E-state index contributed by atoms with van der Waals surface area (Å²) in [4.78, 5) is 48.8. The van der Waals surface area contributed by atoms with Gasteiger partial charge in [-0.15, -0.1) is 0 Å². The van der Waals surface area contributed by atoms with Crippen molar-refractivity contribution in [3.63, 3.8) is 0 Å². The Morgan fingerprint density at radius 2 is 1.68 bits per heavy atom. The van der Waals surface area contributed by atoms with Crippen LogP contribution in [-0.4, -0.2) is 90.6 Å². The molecule has 5 rings (SSSR count). The molecule has 9 nitrogen and oxygen atoms in total. The van der Waals surface area contributed by atoms with Crippen LogP contribution in [0.1, 0.15) is 40.4 Å². The van der Waals surface area contributed by atoms with Gasteiger partial charge >= 0.3 is 6.09 Å². The fraction of sp³-hybridized carbons (Fsp3) is 0.393. The van der Waals surface area contributed by atoms with Crippen LogP contribution in [0.4, 0.5) is 4.79 Å². The van der Waals surface area contributed by atoms with E-state index in [9.17, 15) is 14.4 Å². The minimum Gasteiger partial charge on any atom is -0.450 e. The number of aromatic nitrogens is 1. The Balaban J connectivity index is 1.56. The number of piperazine rings is 1. The summed E-state index contributed by atoms with van der Waals surface area (Å²) in [6.07, 6.45) is 1.56. The molecule has 3 amide bonds. The molecular formula is C28H32N4O5. The highest BCUT2D eigenvalue weighted by Crippen LogP contribution is 2.45. The first-order chi connectivity index (χ1) is 18.0. The molecule has 3 aromatic rings. The van der Waals surface area contributed by atoms with Crippen molar-refractivity contribution in [3.05, 3.63) is 71.4 Å². The maximum absolute atomic E-state index is 14.3. The van der Waals surface area contributed by atoms with E-state index in [0.717, 1.165) is 22.0 Å². The normalized spacial score (nSPS) is 19.7. The zero-order valence-corrected chi connectivity index (χ0v) is 21.2. The number of carbonyl (C=O) groups excluding carboxylic acids is 3. The van der Waals surface area contributed by atoms with Crippen LogP contribution in [0.15, 0.2) is 54.7 Å². The first-order valence-electron chi connectivity index (χ1n) is 12.7. The summed E-state index contributed by atoms with van der Waals surface area (Å²) in [5.74, 6) is -0.764. The number of aromatic amines is 1. The van der Waals surface area contributed by atoms with Gasteiger partial charge in [0.25, 0.3) is 5.91 Å². The number of hydrogen-bond donors (Lipinski definition) is 1. The predicted molar refractivity (Wildman–Crippen MR) is 138 cm³/mol. The number of nitrogens with one attached hydrogen (secondary N) is 1. The number of amides is 3. The summed E-state index contributed by atoms with van der Waals surface area (Å²) in [7, 11) is 1.61. The van der Waals surface area contributed by atoms with Gasteiger partial charge in [-0.2, -0.15) is 0 Å². The van der Waals surface area contributed by atoms with E-state index in [1.165, 1.54) is 0 Å². The summed E-state index contributed by atoms with van der Waals surface area (Å²) < 4.78 is 10.5. The fourth-order valence-electron chi connectivity index (χ4n) is 5.50. The first kappa shape index (κ1) is 24.8. The molecule has 9 heteroatoms. The van der Waals surface area contributed by atoms with Crippen molar-refractivity contribution in [1.29, 1.82) is 0 Å². The van der Waals surface area contributed by atoms with Crippen molar-refractivity contribution < 1.29 is 23.9 Å². The maximum atomic E-state index is 14.3. The number of hydrogen-bond acceptors (Lipinski definition) is 5. The lowest BCUT2D eigenvalue weighted by Crippen LogP contribution is -2.54. The molecular weight excluding hydrogens is 472 g/mol. The largest absolute Gasteiger partial charge is 0.450 e. The third kappa shape index (κ3) is 4.55. The first-order valence-corrected chi connectivity index (χ1v) is 12.7. The second-order valence-corrected chi connectivity index (χ2v) is 9.30. The van der Waals surface area contributed by atoms with Crippen LogP contribution >= 0.6 is 0 Å². The lowest BCUT2D eigenvalue weighted by atomic mass is 9.78. The van der Waals surface area contributed by atoms with Crippen molar-refractivity contribution in [2.24, 2.45) is 0 Å². The molecule has 194 valence electrons. The Bertz CT molecular complexity index is 1300. The van der Waals surface area contributed by atoms with Gasteiger partial charge in [-0.05, 0) is 24.6 Å². The van der Waals surface area contributed by atoms with E-state index in [1.807, 2.05) is 53.6 Å². The van der Waals surface area contributed by atoms with Gasteiger partial charge in [0, 0.05) is 68.1 Å². The zero-order chi connectivity index (χ0) is 25.9. The molecule has 1 aromatic heterocycles. The Kier molecular flexibility index (Phi) is 7.14. The smallest absolute Gasteiger partial charge is 0.409 e. The van der Waals surface area contributed by atoms with Gasteiger partial charge in [-0.25, -0.2) is 4.79 Å². The Morgan fingerprint density at radius 3 is 2.43 bits per heavy atom. The van der Waals surface area contributed by atoms with Crippen LogP contribution < -0.4 is 0 Å². The highest BCUT2D eigenvalue weighted by Gasteiger charge is 2.46.